The molecule has 9 heavy (non-hydrogen) atoms. The van der Waals surface area contributed by atoms with Gasteiger partial charge in [-0.15, -0.1) is 5.10 Å². The van der Waals surface area contributed by atoms with Crippen molar-refractivity contribution in [1.82, 2.24) is 10.7 Å². The summed E-state index contributed by atoms with van der Waals surface area (Å²) in [4.78, 5) is 20.7. The summed E-state index contributed by atoms with van der Waals surface area (Å²) in [5.74, 6) is -0.477. The number of nitrogens with one attached hydrogen (secondary N) is 1. The molecule has 47 valence electrons. The van der Waals surface area contributed by atoms with Crippen LogP contribution in [-0.4, -0.2) is 17.6 Å². The molecule has 1 N–H and O–H groups in total. The molecule has 0 fully saturated rings. The van der Waals surface area contributed by atoms with Crippen molar-refractivity contribution < 1.29 is 9.59 Å². The number of amides is 3. The van der Waals surface area contributed by atoms with Gasteiger partial charge in [-0.25, -0.2) is 4.79 Å². The summed E-state index contributed by atoms with van der Waals surface area (Å²) < 4.78 is 0. The Morgan fingerprint density at radius 1 is 1.44 bits per heavy atom. The molecular weight excluding hydrogens is 122 g/mol. The molecule has 0 aromatic rings. The molecule has 0 saturated heterocycles. The van der Waals surface area contributed by atoms with Gasteiger partial charge in [-0.1, -0.05) is 5.43 Å². The van der Waals surface area contributed by atoms with Gasteiger partial charge < -0.3 is 0 Å². The van der Waals surface area contributed by atoms with Crippen LogP contribution in [0.1, 0.15) is 6.92 Å². The molecule has 0 aliphatic carbocycles. The number of hydrogen-bond acceptors (Lipinski definition) is 3. The minimum atomic E-state index is -0.703. The summed E-state index contributed by atoms with van der Waals surface area (Å²) in [6.45, 7) is 1.48. The second-order valence-electron chi connectivity index (χ2n) is 1.54. The predicted octanol–water partition coefficient (Wildman–Crippen LogP) is -0.784. The van der Waals surface area contributed by atoms with Crippen LogP contribution in [0.4, 0.5) is 4.79 Å². The van der Waals surface area contributed by atoms with Gasteiger partial charge in [0.25, 0.3) is 5.91 Å². The third-order valence-corrected chi connectivity index (χ3v) is 0.840. The van der Waals surface area contributed by atoms with Gasteiger partial charge in [0.2, 0.25) is 0 Å². The number of urea groups is 1. The number of rotatable bonds is 0. The average Bonchev–Trinajstić information content (AvgIpc) is 1.80. The fourth-order valence-corrected chi connectivity index (χ4v) is 0.378. The summed E-state index contributed by atoms with van der Waals surface area (Å²) in [7, 11) is 0. The number of imide groups is 1. The third kappa shape index (κ3) is 1.04. The van der Waals surface area contributed by atoms with Crippen LogP contribution >= 0.6 is 0 Å². The second-order valence-corrected chi connectivity index (χ2v) is 1.54. The fraction of sp³-hybridized carbons (Fsp3) is 0.250. The van der Waals surface area contributed by atoms with Gasteiger partial charge in [-0.3, -0.25) is 10.1 Å². The topological polar surface area (TPSA) is 72.6 Å². The zero-order valence-corrected chi connectivity index (χ0v) is 4.71. The number of nitrogens with zero attached hydrogens (tertiary/aromatic N) is 2. The highest BCUT2D eigenvalue weighted by Gasteiger charge is 2.16. The standard InChI is InChI=1S/C4H4N3O2/c1-2-3(8)5-4(9)7-6-2/h1H3,(H,5,8,9). The van der Waals surface area contributed by atoms with Crippen molar-refractivity contribution in [2.24, 2.45) is 5.10 Å². The highest BCUT2D eigenvalue weighted by atomic mass is 16.2. The van der Waals surface area contributed by atoms with E-state index in [1.807, 2.05) is 5.32 Å². The lowest BCUT2D eigenvalue weighted by Gasteiger charge is -2.04. The lowest BCUT2D eigenvalue weighted by molar-refractivity contribution is -0.114. The maximum atomic E-state index is 10.5. The summed E-state index contributed by atoms with van der Waals surface area (Å²) in [6, 6.07) is -0.703. The Morgan fingerprint density at radius 2 is 2.11 bits per heavy atom. The first-order valence-electron chi connectivity index (χ1n) is 2.31. The van der Waals surface area contributed by atoms with Crippen molar-refractivity contribution in [3.63, 3.8) is 0 Å². The van der Waals surface area contributed by atoms with E-state index in [9.17, 15) is 9.59 Å². The Balaban J connectivity index is 2.79. The van der Waals surface area contributed by atoms with E-state index in [-0.39, 0.29) is 5.71 Å². The summed E-state index contributed by atoms with van der Waals surface area (Å²) in [6.07, 6.45) is 0. The Bertz CT molecular complexity index is 196. The van der Waals surface area contributed by atoms with Crippen LogP contribution in [0.2, 0.25) is 0 Å². The lowest BCUT2D eigenvalue weighted by atomic mass is 10.4. The summed E-state index contributed by atoms with van der Waals surface area (Å²) >= 11 is 0. The van der Waals surface area contributed by atoms with Crippen molar-refractivity contribution in [2.75, 3.05) is 0 Å². The van der Waals surface area contributed by atoms with Crippen molar-refractivity contribution in [3.8, 4) is 0 Å². The van der Waals surface area contributed by atoms with Crippen LogP contribution in [0.25, 0.3) is 0 Å². The molecule has 0 spiro atoms. The first-order valence-corrected chi connectivity index (χ1v) is 2.31. The maximum absolute atomic E-state index is 10.5. The van der Waals surface area contributed by atoms with Crippen LogP contribution in [-0.2, 0) is 4.79 Å². The van der Waals surface area contributed by atoms with Gasteiger partial charge in [0.05, 0.1) is 0 Å². The minimum Gasteiger partial charge on any atom is -0.270 e. The molecule has 1 heterocycles. The SMILES string of the molecule is CC1=N[N]C(=O)NC1=O. The summed E-state index contributed by atoms with van der Waals surface area (Å²) in [5.41, 5.74) is 3.28. The molecular formula is C4H4N3O2. The van der Waals surface area contributed by atoms with Gasteiger partial charge in [-0.2, -0.15) is 0 Å². The fourth-order valence-electron chi connectivity index (χ4n) is 0.378. The van der Waals surface area contributed by atoms with Gasteiger partial charge >= 0.3 is 6.03 Å². The van der Waals surface area contributed by atoms with E-state index < -0.39 is 11.9 Å². The van der Waals surface area contributed by atoms with E-state index in [0.717, 1.165) is 0 Å². The van der Waals surface area contributed by atoms with E-state index in [1.165, 1.54) is 6.92 Å². The van der Waals surface area contributed by atoms with Crippen molar-refractivity contribution in [1.29, 1.82) is 0 Å². The van der Waals surface area contributed by atoms with Gasteiger partial charge in [-0.05, 0) is 6.92 Å². The zero-order chi connectivity index (χ0) is 6.85. The molecule has 0 saturated carbocycles. The number of hydrogen-bond donors (Lipinski definition) is 1. The van der Waals surface area contributed by atoms with E-state index >= 15 is 0 Å². The molecule has 5 heteroatoms. The zero-order valence-electron chi connectivity index (χ0n) is 4.71. The van der Waals surface area contributed by atoms with E-state index in [4.69, 9.17) is 0 Å². The van der Waals surface area contributed by atoms with Gasteiger partial charge in [0, 0.05) is 0 Å². The first kappa shape index (κ1) is 5.74. The molecule has 1 radical (unpaired) electrons. The maximum Gasteiger partial charge on any atom is 0.366 e. The average molecular weight is 126 g/mol. The van der Waals surface area contributed by atoms with E-state index in [2.05, 4.69) is 10.5 Å². The second kappa shape index (κ2) is 1.85. The number of carbonyl (C=O) groups is 2. The molecule has 0 atom stereocenters. The number of carbonyl (C=O) groups excluding carboxylic acids is 2. The predicted molar refractivity (Wildman–Crippen MR) is 28.8 cm³/mol. The highest BCUT2D eigenvalue weighted by Crippen LogP contribution is 1.83. The van der Waals surface area contributed by atoms with Crippen LogP contribution in [0.5, 0.6) is 0 Å². The molecule has 1 aliphatic rings. The Hall–Kier alpha value is -1.39. The van der Waals surface area contributed by atoms with Crippen LogP contribution in [0.3, 0.4) is 0 Å². The molecule has 3 amide bonds. The third-order valence-electron chi connectivity index (χ3n) is 0.840. The molecule has 5 nitrogen and oxygen atoms in total. The Labute approximate surface area is 51.1 Å². The van der Waals surface area contributed by atoms with E-state index in [1.54, 1.807) is 0 Å². The smallest absolute Gasteiger partial charge is 0.270 e. The monoisotopic (exact) mass is 126 g/mol. The van der Waals surface area contributed by atoms with Gasteiger partial charge in [0.15, 0.2) is 0 Å². The molecule has 0 unspecified atom stereocenters. The van der Waals surface area contributed by atoms with Crippen molar-refractivity contribution in [2.45, 2.75) is 6.92 Å². The largest absolute Gasteiger partial charge is 0.366 e. The lowest BCUT2D eigenvalue weighted by Crippen LogP contribution is -2.42. The van der Waals surface area contributed by atoms with Crippen LogP contribution < -0.4 is 10.7 Å². The van der Waals surface area contributed by atoms with Crippen molar-refractivity contribution in [3.05, 3.63) is 0 Å². The Kier molecular flexibility index (Phi) is 1.18. The Morgan fingerprint density at radius 3 is 2.56 bits per heavy atom. The molecule has 0 aromatic heterocycles. The normalized spacial score (nSPS) is 18.1. The van der Waals surface area contributed by atoms with Gasteiger partial charge in [0.1, 0.15) is 5.71 Å². The highest BCUT2D eigenvalue weighted by molar-refractivity contribution is 6.41. The van der Waals surface area contributed by atoms with Crippen molar-refractivity contribution >= 4 is 17.6 Å². The molecule has 1 aliphatic heterocycles. The quantitative estimate of drug-likeness (QED) is 0.462. The molecule has 1 rings (SSSR count). The van der Waals surface area contributed by atoms with Crippen LogP contribution in [0.15, 0.2) is 5.10 Å². The molecule has 0 aromatic carbocycles. The van der Waals surface area contributed by atoms with Crippen LogP contribution in [0, 0.1) is 0 Å². The molecule has 0 bridgehead atoms. The summed E-state index contributed by atoms with van der Waals surface area (Å²) in [5, 5.41) is 5.23. The minimum absolute atomic E-state index is 0.203. The van der Waals surface area contributed by atoms with E-state index in [0.29, 0.717) is 0 Å². The first-order chi connectivity index (χ1) is 4.20.